The molecule has 1 saturated heterocycles. The number of piperazine rings is 1. The highest BCUT2D eigenvalue weighted by molar-refractivity contribution is 7.89. The van der Waals surface area contributed by atoms with Crippen molar-refractivity contribution in [3.63, 3.8) is 0 Å². The monoisotopic (exact) mass is 315 g/mol. The van der Waals surface area contributed by atoms with Crippen molar-refractivity contribution in [2.75, 3.05) is 31.9 Å². The molecule has 0 radical (unpaired) electrons. The van der Waals surface area contributed by atoms with Gasteiger partial charge in [0.25, 0.3) is 0 Å². The lowest BCUT2D eigenvalue weighted by molar-refractivity contribution is -0.131. The van der Waals surface area contributed by atoms with Crippen molar-refractivity contribution >= 4 is 15.9 Å². The van der Waals surface area contributed by atoms with Crippen molar-refractivity contribution in [3.8, 4) is 0 Å². The van der Waals surface area contributed by atoms with E-state index in [1.54, 1.807) is 18.7 Å². The maximum Gasteiger partial charge on any atom is 0.227 e. The molecule has 1 aliphatic rings. The molecular formula is C13H21N3O4S. The summed E-state index contributed by atoms with van der Waals surface area (Å²) >= 11 is 0. The van der Waals surface area contributed by atoms with Gasteiger partial charge in [0.05, 0.1) is 17.9 Å². The molecule has 1 fully saturated rings. The van der Waals surface area contributed by atoms with Gasteiger partial charge in [0, 0.05) is 31.7 Å². The number of sulfonamides is 1. The first-order chi connectivity index (χ1) is 9.85. The standard InChI is InChI=1S/C13H21N3O4S/c1-4-21(18,19)16-7-5-15(6-8-16)13(17)9-12-10(2)14-20-11(12)3/h4-9H2,1-3H3. The van der Waals surface area contributed by atoms with Gasteiger partial charge in [0.2, 0.25) is 15.9 Å². The van der Waals surface area contributed by atoms with Gasteiger partial charge in [-0.2, -0.15) is 4.31 Å². The Labute approximate surface area is 124 Å². The van der Waals surface area contributed by atoms with Crippen LogP contribution in [-0.2, 0) is 21.2 Å². The quantitative estimate of drug-likeness (QED) is 0.799. The van der Waals surface area contributed by atoms with Crippen LogP contribution in [0, 0.1) is 13.8 Å². The van der Waals surface area contributed by atoms with Crippen molar-refractivity contribution in [1.82, 2.24) is 14.4 Å². The molecule has 1 aromatic rings. The third-order valence-corrected chi connectivity index (χ3v) is 5.74. The lowest BCUT2D eigenvalue weighted by atomic mass is 10.1. The van der Waals surface area contributed by atoms with E-state index in [0.717, 1.165) is 11.3 Å². The van der Waals surface area contributed by atoms with Crippen LogP contribution in [-0.4, -0.2) is 60.6 Å². The smallest absolute Gasteiger partial charge is 0.227 e. The summed E-state index contributed by atoms with van der Waals surface area (Å²) in [4.78, 5) is 14.0. The van der Waals surface area contributed by atoms with Crippen LogP contribution in [0.25, 0.3) is 0 Å². The van der Waals surface area contributed by atoms with Gasteiger partial charge < -0.3 is 9.42 Å². The third kappa shape index (κ3) is 3.44. The molecule has 1 aliphatic heterocycles. The Balaban J connectivity index is 1.95. The third-order valence-electron chi connectivity index (χ3n) is 3.86. The number of aromatic nitrogens is 1. The Bertz CT molecular complexity index is 596. The van der Waals surface area contributed by atoms with Gasteiger partial charge in [-0.15, -0.1) is 0 Å². The molecule has 7 nitrogen and oxygen atoms in total. The predicted octanol–water partition coefficient (Wildman–Crippen LogP) is 0.328. The van der Waals surface area contributed by atoms with E-state index in [1.165, 1.54) is 4.31 Å². The van der Waals surface area contributed by atoms with Crippen LogP contribution in [0.1, 0.15) is 23.9 Å². The van der Waals surface area contributed by atoms with E-state index in [0.29, 0.717) is 31.9 Å². The number of aryl methyl sites for hydroxylation is 2. The molecule has 2 heterocycles. The summed E-state index contributed by atoms with van der Waals surface area (Å²) in [6.07, 6.45) is 0.252. The van der Waals surface area contributed by atoms with E-state index in [2.05, 4.69) is 5.16 Å². The van der Waals surface area contributed by atoms with Crippen LogP contribution in [0.3, 0.4) is 0 Å². The minimum Gasteiger partial charge on any atom is -0.361 e. The van der Waals surface area contributed by atoms with Crippen LogP contribution < -0.4 is 0 Å². The van der Waals surface area contributed by atoms with Gasteiger partial charge >= 0.3 is 0 Å². The van der Waals surface area contributed by atoms with Crippen LogP contribution in [0.4, 0.5) is 0 Å². The van der Waals surface area contributed by atoms with Crippen LogP contribution in [0.2, 0.25) is 0 Å². The molecule has 2 rings (SSSR count). The average Bonchev–Trinajstić information content (AvgIpc) is 2.79. The minimum absolute atomic E-state index is 0.0158. The maximum absolute atomic E-state index is 12.3. The molecule has 0 bridgehead atoms. The van der Waals surface area contributed by atoms with Gasteiger partial charge in [-0.05, 0) is 20.8 Å². The highest BCUT2D eigenvalue weighted by Crippen LogP contribution is 2.15. The minimum atomic E-state index is -3.16. The van der Waals surface area contributed by atoms with Crippen LogP contribution in [0.15, 0.2) is 4.52 Å². The Morgan fingerprint density at radius 3 is 2.33 bits per heavy atom. The van der Waals surface area contributed by atoms with E-state index in [9.17, 15) is 13.2 Å². The number of rotatable bonds is 4. The summed E-state index contributed by atoms with van der Waals surface area (Å²) in [6.45, 7) is 6.82. The maximum atomic E-state index is 12.3. The second-order valence-electron chi connectivity index (χ2n) is 5.16. The fraction of sp³-hybridized carbons (Fsp3) is 0.692. The zero-order valence-corrected chi connectivity index (χ0v) is 13.4. The number of hydrogen-bond donors (Lipinski definition) is 0. The van der Waals surface area contributed by atoms with Gasteiger partial charge in [-0.3, -0.25) is 4.79 Å². The van der Waals surface area contributed by atoms with Gasteiger partial charge in [-0.1, -0.05) is 5.16 Å². The lowest BCUT2D eigenvalue weighted by Gasteiger charge is -2.33. The predicted molar refractivity (Wildman–Crippen MR) is 77.3 cm³/mol. The van der Waals surface area contributed by atoms with Gasteiger partial charge in [0.15, 0.2) is 0 Å². The molecule has 118 valence electrons. The molecule has 21 heavy (non-hydrogen) atoms. The highest BCUT2D eigenvalue weighted by atomic mass is 32.2. The number of carbonyl (C=O) groups is 1. The summed E-state index contributed by atoms with van der Waals surface area (Å²) in [7, 11) is -3.16. The second kappa shape index (κ2) is 6.15. The molecule has 0 saturated carbocycles. The zero-order chi connectivity index (χ0) is 15.6. The largest absolute Gasteiger partial charge is 0.361 e. The fourth-order valence-electron chi connectivity index (χ4n) is 2.42. The molecule has 0 spiro atoms. The molecule has 0 aromatic carbocycles. The Kier molecular flexibility index (Phi) is 4.67. The molecule has 1 amide bonds. The fourth-order valence-corrected chi connectivity index (χ4v) is 3.50. The topological polar surface area (TPSA) is 83.7 Å². The molecule has 0 atom stereocenters. The van der Waals surface area contributed by atoms with E-state index in [1.807, 2.05) is 6.92 Å². The molecule has 8 heteroatoms. The van der Waals surface area contributed by atoms with Gasteiger partial charge in [-0.25, -0.2) is 8.42 Å². The van der Waals surface area contributed by atoms with Crippen LogP contribution in [0.5, 0.6) is 0 Å². The average molecular weight is 315 g/mol. The lowest BCUT2D eigenvalue weighted by Crippen LogP contribution is -2.51. The summed E-state index contributed by atoms with van der Waals surface area (Å²) in [6, 6.07) is 0. The SMILES string of the molecule is CCS(=O)(=O)N1CCN(C(=O)Cc2c(C)noc2C)CC1. The number of carbonyl (C=O) groups excluding carboxylic acids is 1. The zero-order valence-electron chi connectivity index (χ0n) is 12.6. The summed E-state index contributed by atoms with van der Waals surface area (Å²) in [5.74, 6) is 0.742. The Morgan fingerprint density at radius 1 is 1.24 bits per heavy atom. The number of amides is 1. The van der Waals surface area contributed by atoms with Crippen molar-refractivity contribution in [2.24, 2.45) is 0 Å². The molecule has 1 aromatic heterocycles. The van der Waals surface area contributed by atoms with Crippen LogP contribution >= 0.6 is 0 Å². The molecule has 0 N–H and O–H groups in total. The summed E-state index contributed by atoms with van der Waals surface area (Å²) < 4.78 is 30.1. The van der Waals surface area contributed by atoms with Crippen molar-refractivity contribution in [3.05, 3.63) is 17.0 Å². The normalized spacial score (nSPS) is 17.2. The molecule has 0 unspecified atom stereocenters. The van der Waals surface area contributed by atoms with E-state index in [-0.39, 0.29) is 18.1 Å². The Hall–Kier alpha value is -1.41. The first-order valence-corrected chi connectivity index (χ1v) is 8.63. The first-order valence-electron chi connectivity index (χ1n) is 7.02. The van der Waals surface area contributed by atoms with Crippen molar-refractivity contribution in [1.29, 1.82) is 0 Å². The molecular weight excluding hydrogens is 294 g/mol. The van der Waals surface area contributed by atoms with Crippen molar-refractivity contribution < 1.29 is 17.7 Å². The highest BCUT2D eigenvalue weighted by Gasteiger charge is 2.28. The van der Waals surface area contributed by atoms with Gasteiger partial charge in [0.1, 0.15) is 5.76 Å². The van der Waals surface area contributed by atoms with Crippen molar-refractivity contribution in [2.45, 2.75) is 27.2 Å². The summed E-state index contributed by atoms with van der Waals surface area (Å²) in [5, 5.41) is 3.84. The summed E-state index contributed by atoms with van der Waals surface area (Å²) in [5.41, 5.74) is 1.55. The molecule has 0 aliphatic carbocycles. The second-order valence-corrected chi connectivity index (χ2v) is 7.42. The number of hydrogen-bond acceptors (Lipinski definition) is 5. The first kappa shape index (κ1) is 16.0. The van der Waals surface area contributed by atoms with E-state index in [4.69, 9.17) is 4.52 Å². The van der Waals surface area contributed by atoms with E-state index < -0.39 is 10.0 Å². The number of nitrogens with zero attached hydrogens (tertiary/aromatic N) is 3. The van der Waals surface area contributed by atoms with E-state index >= 15 is 0 Å². The Morgan fingerprint density at radius 2 is 1.86 bits per heavy atom.